The minimum absolute atomic E-state index is 0.0839. The molecule has 2 rings (SSSR count). The number of hydrogen-bond acceptors (Lipinski definition) is 4. The first-order valence-electron chi connectivity index (χ1n) is 6.05. The number of halogens is 2. The Morgan fingerprint density at radius 2 is 1.95 bits per heavy atom. The van der Waals surface area contributed by atoms with E-state index >= 15 is 0 Å². The Kier molecular flexibility index (Phi) is 4.37. The van der Waals surface area contributed by atoms with Gasteiger partial charge in [0.25, 0.3) is 0 Å². The predicted octanol–water partition coefficient (Wildman–Crippen LogP) is 2.91. The van der Waals surface area contributed by atoms with Crippen molar-refractivity contribution in [2.45, 2.75) is 6.61 Å². The topological polar surface area (TPSA) is 61.5 Å². The zero-order valence-electron chi connectivity index (χ0n) is 11.2. The molecule has 0 amide bonds. The van der Waals surface area contributed by atoms with Gasteiger partial charge in [0, 0.05) is 23.4 Å². The molecular weight excluding hydrogens is 280 g/mol. The Morgan fingerprint density at radius 1 is 1.19 bits per heavy atom. The molecule has 0 aromatic heterocycles. The fourth-order valence-corrected chi connectivity index (χ4v) is 1.72. The van der Waals surface area contributed by atoms with Gasteiger partial charge >= 0.3 is 5.97 Å². The normalized spacial score (nSPS) is 10.2. The Hall–Kier alpha value is -2.63. The first-order valence-corrected chi connectivity index (χ1v) is 6.05. The van der Waals surface area contributed by atoms with E-state index in [4.69, 9.17) is 15.2 Å². The second kappa shape index (κ2) is 6.21. The number of benzene rings is 2. The van der Waals surface area contributed by atoms with Gasteiger partial charge in [-0.2, -0.15) is 0 Å². The molecule has 110 valence electrons. The monoisotopic (exact) mass is 293 g/mol. The van der Waals surface area contributed by atoms with Crippen LogP contribution in [-0.2, 0) is 11.3 Å². The number of carbonyl (C=O) groups is 1. The number of nitrogens with two attached hydrogens (primary N) is 1. The van der Waals surface area contributed by atoms with Gasteiger partial charge in [-0.25, -0.2) is 13.6 Å². The van der Waals surface area contributed by atoms with E-state index in [0.29, 0.717) is 11.4 Å². The zero-order chi connectivity index (χ0) is 15.4. The van der Waals surface area contributed by atoms with Gasteiger partial charge in [-0.1, -0.05) is 0 Å². The first-order chi connectivity index (χ1) is 9.99. The van der Waals surface area contributed by atoms with Gasteiger partial charge in [0.2, 0.25) is 0 Å². The van der Waals surface area contributed by atoms with E-state index in [1.54, 1.807) is 6.07 Å². The number of ether oxygens (including phenoxy) is 2. The van der Waals surface area contributed by atoms with E-state index in [-0.39, 0.29) is 17.7 Å². The Balaban J connectivity index is 2.09. The average Bonchev–Trinajstić information content (AvgIpc) is 2.45. The largest absolute Gasteiger partial charge is 0.497 e. The van der Waals surface area contributed by atoms with E-state index in [9.17, 15) is 13.6 Å². The lowest BCUT2D eigenvalue weighted by molar-refractivity contribution is 0.0468. The Morgan fingerprint density at radius 3 is 2.62 bits per heavy atom. The predicted molar refractivity (Wildman–Crippen MR) is 72.9 cm³/mol. The van der Waals surface area contributed by atoms with Gasteiger partial charge in [-0.05, 0) is 24.3 Å². The number of esters is 1. The highest BCUT2D eigenvalue weighted by Gasteiger charge is 2.12. The van der Waals surface area contributed by atoms with E-state index in [1.165, 1.54) is 25.3 Å². The molecule has 0 radical (unpaired) electrons. The highest BCUT2D eigenvalue weighted by molar-refractivity contribution is 5.91. The molecule has 0 spiro atoms. The lowest BCUT2D eigenvalue weighted by atomic mass is 10.2. The SMILES string of the molecule is COc1cc(N)cc(C(=O)OCc2ccc(F)cc2F)c1. The third-order valence-electron chi connectivity index (χ3n) is 2.77. The van der Waals surface area contributed by atoms with E-state index < -0.39 is 17.6 Å². The highest BCUT2D eigenvalue weighted by atomic mass is 19.1. The number of methoxy groups -OCH3 is 1. The van der Waals surface area contributed by atoms with Crippen molar-refractivity contribution in [3.63, 3.8) is 0 Å². The summed E-state index contributed by atoms with van der Waals surface area (Å²) in [5.41, 5.74) is 6.25. The summed E-state index contributed by atoms with van der Waals surface area (Å²) < 4.78 is 36.1. The van der Waals surface area contributed by atoms with Crippen LogP contribution >= 0.6 is 0 Å². The summed E-state index contributed by atoms with van der Waals surface area (Å²) in [6.45, 7) is -0.304. The standard InChI is InChI=1S/C15H13F2NO3/c1-20-13-5-10(4-12(18)7-13)15(19)21-8-9-2-3-11(16)6-14(9)17/h2-7H,8,18H2,1H3. The van der Waals surface area contributed by atoms with Crippen LogP contribution in [-0.4, -0.2) is 13.1 Å². The number of nitrogen functional groups attached to an aromatic ring is 1. The van der Waals surface area contributed by atoms with Crippen LogP contribution in [0.2, 0.25) is 0 Å². The van der Waals surface area contributed by atoms with Crippen LogP contribution in [0.3, 0.4) is 0 Å². The first kappa shape index (κ1) is 14.8. The fourth-order valence-electron chi connectivity index (χ4n) is 1.72. The van der Waals surface area contributed by atoms with Crippen LogP contribution in [0, 0.1) is 11.6 Å². The van der Waals surface area contributed by atoms with E-state index in [1.807, 2.05) is 0 Å². The summed E-state index contributed by atoms with van der Waals surface area (Å²) in [4.78, 5) is 11.9. The van der Waals surface area contributed by atoms with Crippen LogP contribution in [0.25, 0.3) is 0 Å². The van der Waals surface area contributed by atoms with Crippen molar-refractivity contribution in [2.24, 2.45) is 0 Å². The number of anilines is 1. The molecule has 0 saturated carbocycles. The quantitative estimate of drug-likeness (QED) is 0.695. The second-order valence-corrected chi connectivity index (χ2v) is 4.31. The molecule has 21 heavy (non-hydrogen) atoms. The Bertz CT molecular complexity index is 674. The lowest BCUT2D eigenvalue weighted by Gasteiger charge is -2.08. The summed E-state index contributed by atoms with van der Waals surface area (Å²) in [5.74, 6) is -1.73. The molecule has 2 aromatic rings. The number of carbonyl (C=O) groups excluding carboxylic acids is 1. The van der Waals surface area contributed by atoms with Crippen LogP contribution in [0.5, 0.6) is 5.75 Å². The molecule has 0 unspecified atom stereocenters. The van der Waals surface area contributed by atoms with Crippen molar-refractivity contribution in [1.82, 2.24) is 0 Å². The molecule has 2 aromatic carbocycles. The van der Waals surface area contributed by atoms with Crippen molar-refractivity contribution < 1.29 is 23.0 Å². The molecule has 0 aliphatic heterocycles. The summed E-state index contributed by atoms with van der Waals surface area (Å²) in [7, 11) is 1.44. The molecule has 4 nitrogen and oxygen atoms in total. The summed E-state index contributed by atoms with van der Waals surface area (Å²) in [6.07, 6.45) is 0. The van der Waals surface area contributed by atoms with Crippen LogP contribution in [0.1, 0.15) is 15.9 Å². The third-order valence-corrected chi connectivity index (χ3v) is 2.77. The maximum absolute atomic E-state index is 13.4. The van der Waals surface area contributed by atoms with Crippen molar-refractivity contribution >= 4 is 11.7 Å². The maximum Gasteiger partial charge on any atom is 0.338 e. The van der Waals surface area contributed by atoms with Crippen LogP contribution in [0.15, 0.2) is 36.4 Å². The van der Waals surface area contributed by atoms with Crippen LogP contribution < -0.4 is 10.5 Å². The van der Waals surface area contributed by atoms with Crippen molar-refractivity contribution in [2.75, 3.05) is 12.8 Å². The molecule has 0 heterocycles. The van der Waals surface area contributed by atoms with E-state index in [2.05, 4.69) is 0 Å². The summed E-state index contributed by atoms with van der Waals surface area (Å²) in [6, 6.07) is 7.47. The molecule has 0 atom stereocenters. The smallest absolute Gasteiger partial charge is 0.338 e. The minimum atomic E-state index is -0.770. The van der Waals surface area contributed by atoms with Crippen molar-refractivity contribution in [3.05, 3.63) is 59.2 Å². The van der Waals surface area contributed by atoms with Gasteiger partial charge in [0.1, 0.15) is 24.0 Å². The van der Waals surface area contributed by atoms with E-state index in [0.717, 1.165) is 12.1 Å². The molecular formula is C15H13F2NO3. The van der Waals surface area contributed by atoms with Crippen LogP contribution in [0.4, 0.5) is 14.5 Å². The lowest BCUT2D eigenvalue weighted by Crippen LogP contribution is -2.07. The number of hydrogen-bond donors (Lipinski definition) is 1. The second-order valence-electron chi connectivity index (χ2n) is 4.31. The minimum Gasteiger partial charge on any atom is -0.497 e. The molecule has 0 bridgehead atoms. The summed E-state index contributed by atoms with van der Waals surface area (Å²) >= 11 is 0. The third kappa shape index (κ3) is 3.68. The molecule has 6 heteroatoms. The Labute approximate surface area is 120 Å². The van der Waals surface area contributed by atoms with Crippen molar-refractivity contribution in [3.8, 4) is 5.75 Å². The highest BCUT2D eigenvalue weighted by Crippen LogP contribution is 2.20. The summed E-state index contributed by atoms with van der Waals surface area (Å²) in [5, 5.41) is 0. The zero-order valence-corrected chi connectivity index (χ0v) is 11.2. The molecule has 0 saturated heterocycles. The van der Waals surface area contributed by atoms with Gasteiger partial charge < -0.3 is 15.2 Å². The number of rotatable bonds is 4. The van der Waals surface area contributed by atoms with Gasteiger partial charge in [-0.3, -0.25) is 0 Å². The molecule has 0 aliphatic rings. The fraction of sp³-hybridized carbons (Fsp3) is 0.133. The van der Waals surface area contributed by atoms with Gasteiger partial charge in [0.05, 0.1) is 12.7 Å². The van der Waals surface area contributed by atoms with Crippen molar-refractivity contribution in [1.29, 1.82) is 0 Å². The molecule has 0 fully saturated rings. The molecule has 0 aliphatic carbocycles. The molecule has 2 N–H and O–H groups in total. The van der Waals surface area contributed by atoms with Gasteiger partial charge in [0.15, 0.2) is 0 Å². The average molecular weight is 293 g/mol. The maximum atomic E-state index is 13.4. The van der Waals surface area contributed by atoms with Gasteiger partial charge in [-0.15, -0.1) is 0 Å².